The van der Waals surface area contributed by atoms with Gasteiger partial charge in [-0.2, -0.15) is 0 Å². The molecule has 4 rings (SSSR count). The van der Waals surface area contributed by atoms with Crippen molar-refractivity contribution in [2.45, 2.75) is 19.9 Å². The van der Waals surface area contributed by atoms with Gasteiger partial charge >= 0.3 is 0 Å². The Kier molecular flexibility index (Phi) is 7.77. The van der Waals surface area contributed by atoms with E-state index in [1.165, 1.54) is 23.1 Å². The van der Waals surface area contributed by atoms with Gasteiger partial charge in [-0.3, -0.25) is 9.59 Å². The second kappa shape index (κ2) is 11.2. The third-order valence-electron chi connectivity index (χ3n) is 6.23. The van der Waals surface area contributed by atoms with Crippen molar-refractivity contribution in [3.63, 3.8) is 0 Å². The molecule has 1 aliphatic rings. The van der Waals surface area contributed by atoms with E-state index in [1.54, 1.807) is 18.1 Å². The fraction of sp³-hybridized carbons (Fsp3) is 0.333. The van der Waals surface area contributed by atoms with Crippen molar-refractivity contribution in [1.29, 1.82) is 0 Å². The molecule has 36 heavy (non-hydrogen) atoms. The van der Waals surface area contributed by atoms with Crippen LogP contribution >= 0.6 is 0 Å². The Morgan fingerprint density at radius 1 is 1.00 bits per heavy atom. The highest BCUT2D eigenvalue weighted by Crippen LogP contribution is 2.23. The summed E-state index contributed by atoms with van der Waals surface area (Å²) in [5.74, 6) is 0.536. The van der Waals surface area contributed by atoms with Crippen LogP contribution in [0.25, 0.3) is 11.3 Å². The summed E-state index contributed by atoms with van der Waals surface area (Å²) in [5, 5.41) is 8.76. The maximum Gasteiger partial charge on any atom is 0.254 e. The van der Waals surface area contributed by atoms with Gasteiger partial charge in [0.05, 0.1) is 12.8 Å². The van der Waals surface area contributed by atoms with Crippen LogP contribution in [0.1, 0.15) is 24.2 Å². The van der Waals surface area contributed by atoms with E-state index in [1.807, 2.05) is 50.2 Å². The molecule has 3 aromatic rings. The summed E-state index contributed by atoms with van der Waals surface area (Å²) in [5.41, 5.74) is 1.91. The average Bonchev–Trinajstić information content (AvgIpc) is 2.91. The zero-order valence-electron chi connectivity index (χ0n) is 20.7. The first-order chi connectivity index (χ1) is 17.4. The summed E-state index contributed by atoms with van der Waals surface area (Å²) in [6.45, 7) is 5.88. The number of ether oxygens (including phenoxy) is 1. The lowest BCUT2D eigenvalue weighted by atomic mass is 10.1. The molecule has 2 aromatic carbocycles. The normalized spacial score (nSPS) is 13.6. The number of amides is 2. The minimum atomic E-state index is -0.480. The Hall–Kier alpha value is -4.01. The van der Waals surface area contributed by atoms with E-state index >= 15 is 0 Å². The van der Waals surface area contributed by atoms with Gasteiger partial charge in [0.15, 0.2) is 5.82 Å². The van der Waals surface area contributed by atoms with Crippen molar-refractivity contribution in [2.24, 2.45) is 0 Å². The summed E-state index contributed by atoms with van der Waals surface area (Å²) in [4.78, 5) is 31.3. The lowest BCUT2D eigenvalue weighted by Crippen LogP contribution is -2.53. The number of carbonyl (C=O) groups excluding carboxylic acids is 2. The predicted molar refractivity (Wildman–Crippen MR) is 135 cm³/mol. The summed E-state index contributed by atoms with van der Waals surface area (Å²) in [6.07, 6.45) is 0. The van der Waals surface area contributed by atoms with Crippen molar-refractivity contribution >= 4 is 17.6 Å². The molecule has 0 radical (unpaired) electrons. The Labute approximate surface area is 210 Å². The number of hydrogen-bond acceptors (Lipinski definition) is 6. The van der Waals surface area contributed by atoms with E-state index in [4.69, 9.17) is 4.74 Å². The number of hydrogen-bond donors (Lipinski definition) is 0. The zero-order chi connectivity index (χ0) is 25.7. The van der Waals surface area contributed by atoms with Crippen molar-refractivity contribution in [3.8, 4) is 17.0 Å². The van der Waals surface area contributed by atoms with Gasteiger partial charge in [0, 0.05) is 43.3 Å². The quantitative estimate of drug-likeness (QED) is 0.504. The van der Waals surface area contributed by atoms with Crippen LogP contribution in [0.5, 0.6) is 5.75 Å². The molecule has 188 valence electrons. The van der Waals surface area contributed by atoms with E-state index < -0.39 is 5.82 Å². The van der Waals surface area contributed by atoms with Gasteiger partial charge in [-0.15, -0.1) is 10.2 Å². The summed E-state index contributed by atoms with van der Waals surface area (Å²) < 4.78 is 18.9. The Morgan fingerprint density at radius 2 is 1.75 bits per heavy atom. The molecule has 1 fully saturated rings. The molecule has 0 saturated carbocycles. The van der Waals surface area contributed by atoms with Crippen LogP contribution < -0.4 is 9.64 Å². The number of halogens is 1. The maximum atomic E-state index is 13.6. The maximum absolute atomic E-state index is 13.6. The molecule has 0 aliphatic carbocycles. The Morgan fingerprint density at radius 3 is 2.39 bits per heavy atom. The van der Waals surface area contributed by atoms with Gasteiger partial charge in [-0.05, 0) is 56.3 Å². The van der Waals surface area contributed by atoms with Crippen LogP contribution in [0.3, 0.4) is 0 Å². The number of nitrogens with zero attached hydrogens (tertiary/aromatic N) is 5. The average molecular weight is 492 g/mol. The Bertz CT molecular complexity index is 1210. The fourth-order valence-corrected chi connectivity index (χ4v) is 4.14. The van der Waals surface area contributed by atoms with Crippen molar-refractivity contribution in [1.82, 2.24) is 20.0 Å². The van der Waals surface area contributed by atoms with Crippen molar-refractivity contribution in [3.05, 3.63) is 72.0 Å². The number of aromatic nitrogens is 2. The molecule has 8 nitrogen and oxygen atoms in total. The van der Waals surface area contributed by atoms with Gasteiger partial charge < -0.3 is 19.4 Å². The lowest BCUT2D eigenvalue weighted by molar-refractivity contribution is -0.132. The molecule has 1 saturated heterocycles. The molecule has 2 heterocycles. The van der Waals surface area contributed by atoms with E-state index in [-0.39, 0.29) is 30.0 Å². The minimum absolute atomic E-state index is 0.0535. The van der Waals surface area contributed by atoms with E-state index in [0.29, 0.717) is 26.2 Å². The Balaban J connectivity index is 1.35. The van der Waals surface area contributed by atoms with Gasteiger partial charge in [0.1, 0.15) is 18.1 Å². The van der Waals surface area contributed by atoms with Crippen LogP contribution in [-0.2, 0) is 4.79 Å². The lowest BCUT2D eigenvalue weighted by Gasteiger charge is -2.36. The van der Waals surface area contributed by atoms with E-state index in [0.717, 1.165) is 22.8 Å². The zero-order valence-corrected chi connectivity index (χ0v) is 20.7. The van der Waals surface area contributed by atoms with Crippen LogP contribution in [-0.4, -0.2) is 77.7 Å². The molecular formula is C27H30FN5O3. The van der Waals surface area contributed by atoms with Crippen LogP contribution in [0.15, 0.2) is 60.7 Å². The molecule has 0 spiro atoms. The second-order valence-electron chi connectivity index (χ2n) is 8.91. The highest BCUT2D eigenvalue weighted by molar-refractivity contribution is 5.96. The fourth-order valence-electron chi connectivity index (χ4n) is 4.14. The van der Waals surface area contributed by atoms with Crippen LogP contribution in [0.2, 0.25) is 0 Å². The first-order valence-electron chi connectivity index (χ1n) is 11.9. The standard InChI is InChI=1S/C27H30FN5O3/c1-19(2)33(27(35)21-7-4-8-22(28)16-21)18-26(34)32-14-12-31(13-15-32)25-11-10-24(29-30-25)20-6-5-9-23(17-20)36-3/h4-11,16-17,19H,12-15,18H2,1-3H3. The van der Waals surface area contributed by atoms with Gasteiger partial charge in [-0.1, -0.05) is 18.2 Å². The largest absolute Gasteiger partial charge is 0.497 e. The van der Waals surface area contributed by atoms with Crippen molar-refractivity contribution in [2.75, 3.05) is 44.7 Å². The highest BCUT2D eigenvalue weighted by Gasteiger charge is 2.27. The van der Waals surface area contributed by atoms with Gasteiger partial charge in [-0.25, -0.2) is 4.39 Å². The molecule has 0 bridgehead atoms. The minimum Gasteiger partial charge on any atom is -0.497 e. The summed E-state index contributed by atoms with van der Waals surface area (Å²) >= 11 is 0. The van der Waals surface area contributed by atoms with E-state index in [2.05, 4.69) is 15.1 Å². The number of carbonyl (C=O) groups is 2. The summed E-state index contributed by atoms with van der Waals surface area (Å²) in [6, 6.07) is 16.8. The molecular weight excluding hydrogens is 461 g/mol. The molecule has 9 heteroatoms. The predicted octanol–water partition coefficient (Wildman–Crippen LogP) is 3.49. The molecule has 1 aromatic heterocycles. The SMILES string of the molecule is COc1cccc(-c2ccc(N3CCN(C(=O)CN(C(=O)c4cccc(F)c4)C(C)C)CC3)nn2)c1. The first kappa shape index (κ1) is 25.1. The van der Waals surface area contributed by atoms with Gasteiger partial charge in [0.2, 0.25) is 5.91 Å². The highest BCUT2D eigenvalue weighted by atomic mass is 19.1. The first-order valence-corrected chi connectivity index (χ1v) is 11.9. The van der Waals surface area contributed by atoms with Gasteiger partial charge in [0.25, 0.3) is 5.91 Å². The number of benzene rings is 2. The topological polar surface area (TPSA) is 78.9 Å². The van der Waals surface area contributed by atoms with Crippen molar-refractivity contribution < 1.29 is 18.7 Å². The molecule has 0 unspecified atom stereocenters. The smallest absolute Gasteiger partial charge is 0.254 e. The van der Waals surface area contributed by atoms with Crippen LogP contribution in [0.4, 0.5) is 10.2 Å². The second-order valence-corrected chi connectivity index (χ2v) is 8.91. The number of rotatable bonds is 7. The van der Waals surface area contributed by atoms with E-state index in [9.17, 15) is 14.0 Å². The molecule has 0 N–H and O–H groups in total. The molecule has 2 amide bonds. The molecule has 1 aliphatic heterocycles. The monoisotopic (exact) mass is 491 g/mol. The summed E-state index contributed by atoms with van der Waals surface area (Å²) in [7, 11) is 1.63. The number of piperazine rings is 1. The number of anilines is 1. The molecule has 0 atom stereocenters. The van der Waals surface area contributed by atoms with Crippen LogP contribution in [0, 0.1) is 5.82 Å². The third kappa shape index (κ3) is 5.79. The third-order valence-corrected chi connectivity index (χ3v) is 6.23. The number of methoxy groups -OCH3 is 1.